The quantitative estimate of drug-likeness (QED) is 0.543. The minimum Gasteiger partial charge on any atom is -0.319 e. The molecule has 4 amide bonds. The molecule has 0 aromatic heterocycles. The lowest BCUT2D eigenvalue weighted by Crippen LogP contribution is -2.44. The Morgan fingerprint density at radius 2 is 1.70 bits per heavy atom. The van der Waals surface area contributed by atoms with Gasteiger partial charge in [0.05, 0.1) is 5.25 Å². The molecule has 2 fully saturated rings. The molecule has 2 aliphatic rings. The number of thioether (sulfide) groups is 1. The number of carbonyl (C=O) groups excluding carboxylic acids is 4. The van der Waals surface area contributed by atoms with E-state index in [1.165, 1.54) is 11.8 Å². The van der Waals surface area contributed by atoms with Gasteiger partial charge in [-0.15, -0.1) is 11.8 Å². The summed E-state index contributed by atoms with van der Waals surface area (Å²) in [4.78, 5) is 49.8. The Kier molecular flexibility index (Phi) is 4.47. The summed E-state index contributed by atoms with van der Waals surface area (Å²) in [6.07, 6.45) is 1.94. The topological polar surface area (TPSA) is 74.8 Å². The molecule has 0 bridgehead atoms. The van der Waals surface area contributed by atoms with E-state index in [9.17, 15) is 19.2 Å². The highest BCUT2D eigenvalue weighted by atomic mass is 32.2. The van der Waals surface area contributed by atoms with Crippen LogP contribution in [0.5, 0.6) is 0 Å². The highest BCUT2D eigenvalue weighted by Crippen LogP contribution is 2.27. The van der Waals surface area contributed by atoms with Crippen LogP contribution in [0, 0.1) is 12.3 Å². The minimum absolute atomic E-state index is 0.124. The second kappa shape index (κ2) is 5.95. The van der Waals surface area contributed by atoms with Crippen LogP contribution in [0.25, 0.3) is 0 Å². The average molecular weight is 297 g/mol. The van der Waals surface area contributed by atoms with Crippen LogP contribution in [-0.2, 0) is 19.2 Å². The Morgan fingerprint density at radius 3 is 2.25 bits per heavy atom. The SMILES string of the molecule is C[CH-]C1CC(=O)N(CN2C(=O)CC(SCC)C2=O)C1=O. The maximum Gasteiger partial charge on any atom is 0.244 e. The Bertz CT molecular complexity index is 465. The van der Waals surface area contributed by atoms with Crippen molar-refractivity contribution < 1.29 is 19.2 Å². The molecule has 6 nitrogen and oxygen atoms in total. The summed E-state index contributed by atoms with van der Waals surface area (Å²) >= 11 is 1.41. The monoisotopic (exact) mass is 297 g/mol. The van der Waals surface area contributed by atoms with E-state index in [1.807, 2.05) is 6.92 Å². The Labute approximate surface area is 121 Å². The molecule has 0 aromatic carbocycles. The van der Waals surface area contributed by atoms with Crippen molar-refractivity contribution >= 4 is 35.4 Å². The van der Waals surface area contributed by atoms with Gasteiger partial charge in [0.25, 0.3) is 0 Å². The second-order valence-corrected chi connectivity index (χ2v) is 6.23. The van der Waals surface area contributed by atoms with Gasteiger partial charge < -0.3 is 6.42 Å². The van der Waals surface area contributed by atoms with E-state index in [-0.39, 0.29) is 48.4 Å². The third kappa shape index (κ3) is 2.59. The van der Waals surface area contributed by atoms with Gasteiger partial charge in [0, 0.05) is 12.8 Å². The van der Waals surface area contributed by atoms with Crippen molar-refractivity contribution in [3.63, 3.8) is 0 Å². The maximum atomic E-state index is 12.1. The summed E-state index contributed by atoms with van der Waals surface area (Å²) < 4.78 is 0. The number of rotatable bonds is 5. The lowest BCUT2D eigenvalue weighted by atomic mass is 10.1. The molecule has 110 valence electrons. The van der Waals surface area contributed by atoms with E-state index < -0.39 is 5.92 Å². The zero-order valence-corrected chi connectivity index (χ0v) is 12.3. The van der Waals surface area contributed by atoms with Gasteiger partial charge in [-0.2, -0.15) is 6.92 Å². The normalized spacial score (nSPS) is 27.1. The molecule has 2 aliphatic heterocycles. The van der Waals surface area contributed by atoms with Gasteiger partial charge in [0.2, 0.25) is 23.6 Å². The molecule has 0 aliphatic carbocycles. The molecule has 0 radical (unpaired) electrons. The Balaban J connectivity index is 2.07. The van der Waals surface area contributed by atoms with Crippen molar-refractivity contribution in [3.05, 3.63) is 6.42 Å². The van der Waals surface area contributed by atoms with Crippen LogP contribution in [0.3, 0.4) is 0 Å². The number of nitrogens with zero attached hydrogens (tertiary/aromatic N) is 2. The summed E-state index contributed by atoms with van der Waals surface area (Å²) in [5.41, 5.74) is 0. The predicted octanol–water partition coefficient (Wildman–Crippen LogP) is 0.424. The Hall–Kier alpha value is -1.37. The molecule has 0 aromatic rings. The van der Waals surface area contributed by atoms with Crippen molar-refractivity contribution in [2.45, 2.75) is 31.9 Å². The summed E-state index contributed by atoms with van der Waals surface area (Å²) in [6, 6.07) is 0. The molecular weight excluding hydrogens is 280 g/mol. The van der Waals surface area contributed by atoms with Crippen molar-refractivity contribution in [2.24, 2.45) is 5.92 Å². The van der Waals surface area contributed by atoms with Crippen molar-refractivity contribution in [1.82, 2.24) is 9.80 Å². The third-order valence-corrected chi connectivity index (χ3v) is 4.64. The zero-order chi connectivity index (χ0) is 14.9. The molecular formula is C13H17N2O4S-. The average Bonchev–Trinajstić information content (AvgIpc) is 2.83. The number of carbonyl (C=O) groups is 4. The van der Waals surface area contributed by atoms with Crippen molar-refractivity contribution in [2.75, 3.05) is 12.4 Å². The van der Waals surface area contributed by atoms with Crippen LogP contribution in [0.4, 0.5) is 0 Å². The van der Waals surface area contributed by atoms with E-state index in [0.717, 1.165) is 15.6 Å². The number of imide groups is 2. The van der Waals surface area contributed by atoms with Crippen molar-refractivity contribution in [3.8, 4) is 0 Å². The van der Waals surface area contributed by atoms with E-state index in [0.29, 0.717) is 0 Å². The predicted molar refractivity (Wildman–Crippen MR) is 73.2 cm³/mol. The number of likely N-dealkylation sites (tertiary alicyclic amines) is 2. The van der Waals surface area contributed by atoms with Gasteiger partial charge >= 0.3 is 0 Å². The second-order valence-electron chi connectivity index (χ2n) is 4.75. The van der Waals surface area contributed by atoms with E-state index in [4.69, 9.17) is 0 Å². The van der Waals surface area contributed by atoms with Crippen molar-refractivity contribution in [1.29, 1.82) is 0 Å². The molecule has 20 heavy (non-hydrogen) atoms. The molecule has 7 heteroatoms. The smallest absolute Gasteiger partial charge is 0.244 e. The highest BCUT2D eigenvalue weighted by molar-refractivity contribution is 8.00. The first-order valence-corrected chi connectivity index (χ1v) is 7.64. The maximum absolute atomic E-state index is 12.1. The van der Waals surface area contributed by atoms with E-state index in [2.05, 4.69) is 0 Å². The van der Waals surface area contributed by atoms with Crippen LogP contribution in [0.2, 0.25) is 0 Å². The first kappa shape index (κ1) is 15.0. The molecule has 2 rings (SSSR count). The van der Waals surface area contributed by atoms with Gasteiger partial charge in [-0.25, -0.2) is 0 Å². The van der Waals surface area contributed by atoms with Crippen LogP contribution < -0.4 is 0 Å². The van der Waals surface area contributed by atoms with Crippen LogP contribution in [-0.4, -0.2) is 51.1 Å². The molecule has 0 spiro atoms. The summed E-state index contributed by atoms with van der Waals surface area (Å²) in [5.74, 6) is -0.964. The lowest BCUT2D eigenvalue weighted by molar-refractivity contribution is -0.147. The van der Waals surface area contributed by atoms with Crippen LogP contribution >= 0.6 is 11.8 Å². The van der Waals surface area contributed by atoms with Crippen LogP contribution in [0.15, 0.2) is 0 Å². The minimum atomic E-state index is -0.434. The molecule has 0 saturated carbocycles. The fourth-order valence-corrected chi connectivity index (χ4v) is 3.32. The Morgan fingerprint density at radius 1 is 1.10 bits per heavy atom. The third-order valence-electron chi connectivity index (χ3n) is 3.53. The lowest BCUT2D eigenvalue weighted by Gasteiger charge is -2.23. The van der Waals surface area contributed by atoms with Crippen LogP contribution in [0.1, 0.15) is 26.7 Å². The molecule has 2 atom stereocenters. The van der Waals surface area contributed by atoms with Gasteiger partial charge in [-0.1, -0.05) is 12.8 Å². The van der Waals surface area contributed by atoms with Gasteiger partial charge in [-0.3, -0.25) is 29.0 Å². The fraction of sp³-hybridized carbons (Fsp3) is 0.615. The molecule has 2 heterocycles. The molecule has 2 saturated heterocycles. The summed E-state index contributed by atoms with van der Waals surface area (Å²) in [6.45, 7) is 3.40. The first-order valence-electron chi connectivity index (χ1n) is 6.59. The summed E-state index contributed by atoms with van der Waals surface area (Å²) in [7, 11) is 0. The zero-order valence-electron chi connectivity index (χ0n) is 11.5. The molecule has 0 N–H and O–H groups in total. The standard InChI is InChI=1S/C13H17N2O4S/c1-3-8-5-10(16)14(12(8)18)7-15-11(17)6-9(13(15)19)20-4-2/h3,8-9H,4-7H2,1-2H3/q-1. The van der Waals surface area contributed by atoms with Gasteiger partial charge in [0.15, 0.2) is 0 Å². The number of amides is 4. The first-order chi connectivity index (χ1) is 9.49. The largest absolute Gasteiger partial charge is 0.319 e. The highest BCUT2D eigenvalue weighted by Gasteiger charge is 2.42. The molecule has 2 unspecified atom stereocenters. The number of hydrogen-bond donors (Lipinski definition) is 0. The van der Waals surface area contributed by atoms with E-state index >= 15 is 0 Å². The fourth-order valence-electron chi connectivity index (χ4n) is 2.39. The van der Waals surface area contributed by atoms with Gasteiger partial charge in [-0.05, 0) is 5.75 Å². The number of hydrogen-bond acceptors (Lipinski definition) is 5. The van der Waals surface area contributed by atoms with E-state index in [1.54, 1.807) is 13.3 Å². The summed E-state index contributed by atoms with van der Waals surface area (Å²) in [5, 5.41) is -0.381. The van der Waals surface area contributed by atoms with Gasteiger partial charge in [0.1, 0.15) is 6.67 Å².